The molecule has 0 spiro atoms. The van der Waals surface area contributed by atoms with Crippen molar-refractivity contribution in [3.63, 3.8) is 0 Å². The summed E-state index contributed by atoms with van der Waals surface area (Å²) in [5, 5.41) is 10.5. The second-order valence-electron chi connectivity index (χ2n) is 4.07. The van der Waals surface area contributed by atoms with Crippen LogP contribution < -0.4 is 0 Å². The van der Waals surface area contributed by atoms with Gasteiger partial charge in [0.25, 0.3) is 0 Å². The minimum absolute atomic E-state index is 0.184. The normalized spacial score (nSPS) is 25.9. The summed E-state index contributed by atoms with van der Waals surface area (Å²) in [5.74, 6) is 0.270. The first-order chi connectivity index (χ1) is 7.13. The van der Waals surface area contributed by atoms with Crippen LogP contribution in [-0.2, 0) is 9.53 Å². The van der Waals surface area contributed by atoms with E-state index in [-0.39, 0.29) is 16.9 Å². The molecule has 15 heavy (non-hydrogen) atoms. The molecule has 1 aliphatic carbocycles. The van der Waals surface area contributed by atoms with Crippen molar-refractivity contribution in [1.29, 1.82) is 0 Å². The molecule has 1 aliphatic rings. The molecule has 0 bridgehead atoms. The van der Waals surface area contributed by atoms with E-state index in [0.717, 1.165) is 19.3 Å². The van der Waals surface area contributed by atoms with Crippen LogP contribution in [0.3, 0.4) is 0 Å². The number of hydrogen-bond donors (Lipinski definition) is 0. The van der Waals surface area contributed by atoms with Crippen LogP contribution in [-0.4, -0.2) is 24.0 Å². The minimum Gasteiger partial charge on any atom is -0.469 e. The number of carbonyl (C=O) groups is 1. The number of carbonyl (C=O) groups excluding carboxylic acids is 1. The van der Waals surface area contributed by atoms with Crippen molar-refractivity contribution in [3.8, 4) is 0 Å². The molecule has 0 radical (unpaired) electrons. The molecule has 0 atom stereocenters. The Hall–Kier alpha value is -1.13. The monoisotopic (exact) mass is 215 g/mol. The van der Waals surface area contributed by atoms with E-state index in [1.54, 1.807) is 0 Å². The van der Waals surface area contributed by atoms with Gasteiger partial charge in [-0.05, 0) is 25.2 Å². The minimum atomic E-state index is -0.362. The Morgan fingerprint density at radius 2 is 2.00 bits per heavy atom. The van der Waals surface area contributed by atoms with Crippen molar-refractivity contribution in [2.24, 2.45) is 5.92 Å². The Morgan fingerprint density at radius 1 is 1.40 bits per heavy atom. The molecule has 0 aromatic carbocycles. The van der Waals surface area contributed by atoms with Gasteiger partial charge in [-0.3, -0.25) is 14.9 Å². The Kier molecular flexibility index (Phi) is 4.52. The maximum atomic E-state index is 10.9. The van der Waals surface area contributed by atoms with Gasteiger partial charge in [-0.1, -0.05) is 0 Å². The molecule has 1 fully saturated rings. The highest BCUT2D eigenvalue weighted by Gasteiger charge is 2.28. The number of hydrogen-bond acceptors (Lipinski definition) is 4. The fourth-order valence-corrected chi connectivity index (χ4v) is 2.07. The van der Waals surface area contributed by atoms with Gasteiger partial charge in [0.15, 0.2) is 0 Å². The Labute approximate surface area is 88.9 Å². The Morgan fingerprint density at radius 3 is 2.47 bits per heavy atom. The maximum absolute atomic E-state index is 10.9. The highest BCUT2D eigenvalue weighted by Crippen LogP contribution is 2.28. The summed E-state index contributed by atoms with van der Waals surface area (Å²) in [4.78, 5) is 21.2. The molecule has 0 unspecified atom stereocenters. The number of methoxy groups -OCH3 is 1. The summed E-state index contributed by atoms with van der Waals surface area (Å²) in [5.41, 5.74) is 0. The number of nitrogens with zero attached hydrogens (tertiary/aromatic N) is 1. The molecular formula is C10H17NO4. The highest BCUT2D eigenvalue weighted by molar-refractivity contribution is 5.69. The van der Waals surface area contributed by atoms with Crippen molar-refractivity contribution in [2.45, 2.75) is 44.6 Å². The van der Waals surface area contributed by atoms with Gasteiger partial charge in [-0.25, -0.2) is 0 Å². The average molecular weight is 215 g/mol. The summed E-state index contributed by atoms with van der Waals surface area (Å²) in [7, 11) is 1.38. The summed E-state index contributed by atoms with van der Waals surface area (Å²) in [6.45, 7) is 0. The average Bonchev–Trinajstić information content (AvgIpc) is 2.26. The molecule has 5 heteroatoms. The number of rotatable bonds is 4. The molecule has 0 aromatic heterocycles. The van der Waals surface area contributed by atoms with Crippen LogP contribution in [0.15, 0.2) is 0 Å². The van der Waals surface area contributed by atoms with Gasteiger partial charge in [-0.2, -0.15) is 0 Å². The third-order valence-electron chi connectivity index (χ3n) is 3.10. The first-order valence-corrected chi connectivity index (χ1v) is 5.33. The lowest BCUT2D eigenvalue weighted by Gasteiger charge is -2.23. The van der Waals surface area contributed by atoms with Gasteiger partial charge in [0.1, 0.15) is 0 Å². The smallest absolute Gasteiger partial charge is 0.305 e. The highest BCUT2D eigenvalue weighted by atomic mass is 16.6. The van der Waals surface area contributed by atoms with Gasteiger partial charge in [0, 0.05) is 24.2 Å². The van der Waals surface area contributed by atoms with Crippen molar-refractivity contribution in [2.75, 3.05) is 7.11 Å². The van der Waals surface area contributed by atoms with Crippen molar-refractivity contribution in [3.05, 3.63) is 10.1 Å². The SMILES string of the molecule is COC(=O)CCC1CCC([N+](=O)[O-])CC1. The quantitative estimate of drug-likeness (QED) is 0.407. The third-order valence-corrected chi connectivity index (χ3v) is 3.10. The van der Waals surface area contributed by atoms with Gasteiger partial charge < -0.3 is 4.74 Å². The van der Waals surface area contributed by atoms with Crippen LogP contribution >= 0.6 is 0 Å². The van der Waals surface area contributed by atoms with Gasteiger partial charge >= 0.3 is 5.97 Å². The fraction of sp³-hybridized carbons (Fsp3) is 0.900. The van der Waals surface area contributed by atoms with E-state index in [9.17, 15) is 14.9 Å². The Balaban J connectivity index is 2.20. The first kappa shape index (κ1) is 11.9. The van der Waals surface area contributed by atoms with E-state index in [1.165, 1.54) is 7.11 Å². The topological polar surface area (TPSA) is 69.4 Å². The number of nitro groups is 1. The summed E-state index contributed by atoms with van der Waals surface area (Å²) in [6, 6.07) is -0.362. The van der Waals surface area contributed by atoms with E-state index in [4.69, 9.17) is 0 Å². The van der Waals surface area contributed by atoms with E-state index in [1.807, 2.05) is 0 Å². The van der Waals surface area contributed by atoms with Crippen LogP contribution in [0, 0.1) is 16.0 Å². The third kappa shape index (κ3) is 3.85. The van der Waals surface area contributed by atoms with E-state index >= 15 is 0 Å². The zero-order chi connectivity index (χ0) is 11.3. The lowest BCUT2D eigenvalue weighted by Crippen LogP contribution is -2.26. The lowest BCUT2D eigenvalue weighted by molar-refractivity contribution is -0.527. The predicted molar refractivity (Wildman–Crippen MR) is 54.0 cm³/mol. The van der Waals surface area contributed by atoms with E-state index < -0.39 is 0 Å². The van der Waals surface area contributed by atoms with Gasteiger partial charge in [0.2, 0.25) is 6.04 Å². The molecule has 1 rings (SSSR count). The van der Waals surface area contributed by atoms with E-state index in [0.29, 0.717) is 25.2 Å². The largest absolute Gasteiger partial charge is 0.469 e. The van der Waals surface area contributed by atoms with Gasteiger partial charge in [0.05, 0.1) is 7.11 Å². The van der Waals surface area contributed by atoms with Crippen molar-refractivity contribution < 1.29 is 14.5 Å². The molecule has 0 amide bonds. The summed E-state index contributed by atoms with van der Waals surface area (Å²) >= 11 is 0. The van der Waals surface area contributed by atoms with Crippen LogP contribution in [0.25, 0.3) is 0 Å². The van der Waals surface area contributed by atoms with Crippen molar-refractivity contribution >= 4 is 5.97 Å². The standard InChI is InChI=1S/C10H17NO4/c1-15-10(12)7-4-8-2-5-9(6-3-8)11(13)14/h8-9H,2-7H2,1H3. The second kappa shape index (κ2) is 5.68. The lowest BCUT2D eigenvalue weighted by atomic mass is 9.84. The molecule has 0 heterocycles. The molecule has 86 valence electrons. The van der Waals surface area contributed by atoms with Crippen LogP contribution in [0.5, 0.6) is 0 Å². The Bertz CT molecular complexity index is 234. The molecule has 0 aliphatic heterocycles. The number of ether oxygens (including phenoxy) is 1. The zero-order valence-corrected chi connectivity index (χ0v) is 8.98. The molecule has 5 nitrogen and oxygen atoms in total. The second-order valence-corrected chi connectivity index (χ2v) is 4.07. The van der Waals surface area contributed by atoms with Gasteiger partial charge in [-0.15, -0.1) is 0 Å². The molecule has 0 N–H and O–H groups in total. The zero-order valence-electron chi connectivity index (χ0n) is 8.98. The van der Waals surface area contributed by atoms with Crippen LogP contribution in [0.4, 0.5) is 0 Å². The molecule has 0 aromatic rings. The predicted octanol–water partition coefficient (Wildman–Crippen LogP) is 1.78. The first-order valence-electron chi connectivity index (χ1n) is 5.33. The maximum Gasteiger partial charge on any atom is 0.305 e. The summed E-state index contributed by atoms with van der Waals surface area (Å²) < 4.78 is 4.55. The number of esters is 1. The fourth-order valence-electron chi connectivity index (χ4n) is 2.07. The van der Waals surface area contributed by atoms with E-state index in [2.05, 4.69) is 4.74 Å². The van der Waals surface area contributed by atoms with Crippen LogP contribution in [0.2, 0.25) is 0 Å². The molecule has 1 saturated carbocycles. The summed E-state index contributed by atoms with van der Waals surface area (Å²) in [6.07, 6.45) is 4.27. The van der Waals surface area contributed by atoms with Crippen LogP contribution in [0.1, 0.15) is 38.5 Å². The van der Waals surface area contributed by atoms with Crippen molar-refractivity contribution in [1.82, 2.24) is 0 Å². The molecular weight excluding hydrogens is 198 g/mol. The molecule has 0 saturated heterocycles.